The second kappa shape index (κ2) is 7.09. The topological polar surface area (TPSA) is 46.5 Å². The summed E-state index contributed by atoms with van der Waals surface area (Å²) in [6.07, 6.45) is 4.03. The Morgan fingerprint density at radius 2 is 1.96 bits per heavy atom. The molecule has 2 saturated heterocycles. The summed E-state index contributed by atoms with van der Waals surface area (Å²) in [5.74, 6) is 0.0503. The van der Waals surface area contributed by atoms with Gasteiger partial charge in [-0.05, 0) is 18.2 Å². The van der Waals surface area contributed by atoms with E-state index in [0.717, 1.165) is 29.4 Å². The number of esters is 1. The van der Waals surface area contributed by atoms with E-state index in [1.165, 1.54) is 19.8 Å². The van der Waals surface area contributed by atoms with E-state index in [1.54, 1.807) is 6.07 Å². The van der Waals surface area contributed by atoms with E-state index in [0.29, 0.717) is 22.9 Å². The number of aliphatic hydroxyl groups excluding tert-OH is 1. The summed E-state index contributed by atoms with van der Waals surface area (Å²) in [4.78, 5) is 11.0. The molecule has 0 amide bonds. The Kier molecular flexibility index (Phi) is 5.77. The monoisotopic (exact) mass is 403 g/mol. The van der Waals surface area contributed by atoms with Gasteiger partial charge in [-0.25, -0.2) is 0 Å². The molecule has 1 aromatic rings. The van der Waals surface area contributed by atoms with E-state index >= 15 is 0 Å². The van der Waals surface area contributed by atoms with Gasteiger partial charge in [0.1, 0.15) is 12.3 Å². The Morgan fingerprint density at radius 3 is 2.48 bits per heavy atom. The van der Waals surface area contributed by atoms with Crippen LogP contribution in [0, 0.1) is 0 Å². The molecule has 3 rings (SSSR count). The van der Waals surface area contributed by atoms with Crippen molar-refractivity contribution in [3.8, 4) is 5.75 Å². The first kappa shape index (κ1) is 18.7. The van der Waals surface area contributed by atoms with Crippen molar-refractivity contribution >= 4 is 17.6 Å². The molecule has 4 nitrogen and oxygen atoms in total. The van der Waals surface area contributed by atoms with Gasteiger partial charge in [-0.2, -0.15) is 0 Å². The molecule has 0 aliphatic carbocycles. The number of carbonyl (C=O) groups is 1. The molecule has 2 bridgehead atoms. The van der Waals surface area contributed by atoms with Crippen LogP contribution in [0.1, 0.15) is 38.2 Å². The predicted octanol–water partition coefficient (Wildman–Crippen LogP) is -0.0984. The van der Waals surface area contributed by atoms with Crippen molar-refractivity contribution in [1.29, 1.82) is 0 Å². The predicted molar refractivity (Wildman–Crippen MR) is 84.7 cm³/mol. The molecule has 2 atom stereocenters. The van der Waals surface area contributed by atoms with Crippen LogP contribution in [-0.2, 0) is 11.3 Å². The van der Waals surface area contributed by atoms with Gasteiger partial charge < -0.3 is 31.3 Å². The van der Waals surface area contributed by atoms with E-state index < -0.39 is 0 Å². The van der Waals surface area contributed by atoms with Crippen LogP contribution in [0.3, 0.4) is 0 Å². The number of aliphatic hydroxyl groups is 1. The Labute approximate surface area is 152 Å². The van der Waals surface area contributed by atoms with Crippen molar-refractivity contribution in [2.75, 3.05) is 7.05 Å². The Hall–Kier alpha value is -0.620. The summed E-state index contributed by atoms with van der Waals surface area (Å²) >= 11 is 6.22. The number of hydrogen-bond donors (Lipinski definition) is 1. The highest BCUT2D eigenvalue weighted by molar-refractivity contribution is 6.32. The van der Waals surface area contributed by atoms with Crippen LogP contribution in [0.2, 0.25) is 5.02 Å². The third kappa shape index (κ3) is 3.73. The van der Waals surface area contributed by atoms with E-state index in [9.17, 15) is 9.90 Å². The lowest BCUT2D eigenvalue weighted by Crippen LogP contribution is -3.00. The number of benzene rings is 1. The second-order valence-electron chi connectivity index (χ2n) is 6.87. The van der Waals surface area contributed by atoms with Crippen LogP contribution in [0.4, 0.5) is 0 Å². The van der Waals surface area contributed by atoms with Gasteiger partial charge in [0.05, 0.1) is 30.3 Å². The maximum atomic E-state index is 11.0. The van der Waals surface area contributed by atoms with Crippen molar-refractivity contribution in [3.63, 3.8) is 0 Å². The first-order chi connectivity index (χ1) is 10.4. The number of piperidine rings is 1. The molecule has 1 aromatic carbocycles. The number of hydrogen-bond acceptors (Lipinski definition) is 3. The molecule has 2 heterocycles. The van der Waals surface area contributed by atoms with Gasteiger partial charge in [0.15, 0.2) is 0 Å². The number of nitrogens with zero attached hydrogens (tertiary/aromatic N) is 1. The van der Waals surface area contributed by atoms with Gasteiger partial charge in [0.2, 0.25) is 0 Å². The molecule has 1 N–H and O–H groups in total. The van der Waals surface area contributed by atoms with Gasteiger partial charge in [0, 0.05) is 38.2 Å². The molecular weight excluding hydrogens is 382 g/mol. The van der Waals surface area contributed by atoms with Crippen LogP contribution in [-0.4, -0.2) is 40.8 Å². The third-order valence-corrected chi connectivity index (χ3v) is 5.66. The lowest BCUT2D eigenvalue weighted by molar-refractivity contribution is -0.961. The molecule has 2 aliphatic heterocycles. The SMILES string of the molecule is CC(=O)Oc1ccc(C[N+]2(C)C3CCC2CC(O)C3)cc1Cl.[Br-]. The molecule has 6 heteroatoms. The summed E-state index contributed by atoms with van der Waals surface area (Å²) in [6.45, 7) is 2.27. The molecule has 2 unspecified atom stereocenters. The average Bonchev–Trinajstić information content (AvgIpc) is 2.61. The van der Waals surface area contributed by atoms with E-state index in [1.807, 2.05) is 12.1 Å². The van der Waals surface area contributed by atoms with Gasteiger partial charge >= 0.3 is 5.97 Å². The maximum Gasteiger partial charge on any atom is 0.308 e. The molecule has 2 aliphatic rings. The first-order valence-electron chi connectivity index (χ1n) is 7.88. The molecule has 23 heavy (non-hydrogen) atoms. The number of fused-ring (bicyclic) bond motifs is 2. The quantitative estimate of drug-likeness (QED) is 0.435. The lowest BCUT2D eigenvalue weighted by atomic mass is 9.96. The number of ether oxygens (including phenoxy) is 1. The lowest BCUT2D eigenvalue weighted by Gasteiger charge is -2.46. The van der Waals surface area contributed by atoms with Crippen molar-refractivity contribution < 1.29 is 36.1 Å². The maximum absolute atomic E-state index is 11.0. The Bertz CT molecular complexity index is 581. The molecule has 0 spiro atoms. The fourth-order valence-corrected chi connectivity index (χ4v) is 4.49. The summed E-state index contributed by atoms with van der Waals surface area (Å²) in [7, 11) is 2.29. The Balaban J connectivity index is 0.00000192. The van der Waals surface area contributed by atoms with E-state index in [4.69, 9.17) is 16.3 Å². The van der Waals surface area contributed by atoms with Crippen molar-refractivity contribution in [3.05, 3.63) is 28.8 Å². The van der Waals surface area contributed by atoms with Crippen LogP contribution < -0.4 is 21.7 Å². The number of halogens is 2. The third-order valence-electron chi connectivity index (χ3n) is 5.36. The minimum absolute atomic E-state index is 0. The number of quaternary nitrogens is 1. The van der Waals surface area contributed by atoms with Crippen LogP contribution >= 0.6 is 11.6 Å². The summed E-state index contributed by atoms with van der Waals surface area (Å²) in [5, 5.41) is 10.4. The van der Waals surface area contributed by atoms with Crippen molar-refractivity contribution in [2.45, 2.75) is 57.3 Å². The normalized spacial score (nSPS) is 32.3. The average molecular weight is 405 g/mol. The molecule has 0 aromatic heterocycles. The van der Waals surface area contributed by atoms with Gasteiger partial charge in [-0.1, -0.05) is 11.6 Å². The Morgan fingerprint density at radius 1 is 1.35 bits per heavy atom. The highest BCUT2D eigenvalue weighted by atomic mass is 79.9. The van der Waals surface area contributed by atoms with E-state index in [2.05, 4.69) is 7.05 Å². The van der Waals surface area contributed by atoms with E-state index in [-0.39, 0.29) is 29.1 Å². The molecule has 0 saturated carbocycles. The fourth-order valence-electron chi connectivity index (χ4n) is 4.25. The standard InChI is InChI=1S/C17H23ClNO3.BrH/c1-11(20)22-17-6-3-12(7-16(17)18)10-19(2)13-4-5-14(19)9-15(21)8-13;/h3,6-7,13-15,21H,4-5,8-10H2,1-2H3;1H/q+1;/p-1. The smallest absolute Gasteiger partial charge is 0.308 e. The largest absolute Gasteiger partial charge is 1.00 e. The zero-order chi connectivity index (χ0) is 15.9. The van der Waals surface area contributed by atoms with Crippen molar-refractivity contribution in [2.24, 2.45) is 0 Å². The minimum atomic E-state index is -0.364. The van der Waals surface area contributed by atoms with Crippen molar-refractivity contribution in [1.82, 2.24) is 0 Å². The summed E-state index contributed by atoms with van der Waals surface area (Å²) < 4.78 is 6.06. The number of rotatable bonds is 3. The molecule has 128 valence electrons. The zero-order valence-electron chi connectivity index (χ0n) is 13.5. The summed E-state index contributed by atoms with van der Waals surface area (Å²) in [6, 6.07) is 6.71. The van der Waals surface area contributed by atoms with Crippen LogP contribution in [0.15, 0.2) is 18.2 Å². The number of carbonyl (C=O) groups excluding carboxylic acids is 1. The minimum Gasteiger partial charge on any atom is -1.00 e. The molecular formula is C17H23BrClNO3. The van der Waals surface area contributed by atoms with Crippen LogP contribution in [0.5, 0.6) is 5.75 Å². The summed E-state index contributed by atoms with van der Waals surface area (Å²) in [5.41, 5.74) is 1.15. The highest BCUT2D eigenvalue weighted by Gasteiger charge is 2.51. The fraction of sp³-hybridized carbons (Fsp3) is 0.588. The van der Waals surface area contributed by atoms with Gasteiger partial charge in [0.25, 0.3) is 0 Å². The van der Waals surface area contributed by atoms with Gasteiger partial charge in [-0.15, -0.1) is 0 Å². The van der Waals surface area contributed by atoms with Crippen LogP contribution in [0.25, 0.3) is 0 Å². The zero-order valence-corrected chi connectivity index (χ0v) is 15.8. The molecule has 0 radical (unpaired) electrons. The second-order valence-corrected chi connectivity index (χ2v) is 7.28. The highest BCUT2D eigenvalue weighted by Crippen LogP contribution is 2.43. The van der Waals surface area contributed by atoms with Gasteiger partial charge in [-0.3, -0.25) is 4.79 Å². The first-order valence-corrected chi connectivity index (χ1v) is 8.26. The molecule has 2 fully saturated rings.